The van der Waals surface area contributed by atoms with Gasteiger partial charge in [-0.05, 0) is 37.1 Å². The number of ether oxygens (including phenoxy) is 1. The third kappa shape index (κ3) is 6.11. The third-order valence-electron chi connectivity index (χ3n) is 4.69. The zero-order chi connectivity index (χ0) is 21.6. The van der Waals surface area contributed by atoms with Gasteiger partial charge in [-0.2, -0.15) is 0 Å². The number of methoxy groups -OCH3 is 1. The summed E-state index contributed by atoms with van der Waals surface area (Å²) in [5.41, 5.74) is 2.15. The van der Waals surface area contributed by atoms with Crippen LogP contribution in [-0.2, 0) is 21.4 Å². The van der Waals surface area contributed by atoms with Gasteiger partial charge in [0.15, 0.2) is 0 Å². The van der Waals surface area contributed by atoms with Crippen LogP contribution >= 0.6 is 11.6 Å². The first kappa shape index (κ1) is 23.0. The van der Waals surface area contributed by atoms with Crippen molar-refractivity contribution in [3.8, 4) is 5.75 Å². The SMILES string of the molecule is COc1ccccc1CN(C)C(=O)CCCN(c1cccc(Cl)c1C)S(C)(=O)=O. The lowest BCUT2D eigenvalue weighted by Gasteiger charge is -2.25. The zero-order valence-corrected chi connectivity index (χ0v) is 18.8. The van der Waals surface area contributed by atoms with Crippen molar-refractivity contribution in [3.63, 3.8) is 0 Å². The lowest BCUT2D eigenvalue weighted by atomic mass is 10.1. The first-order valence-corrected chi connectivity index (χ1v) is 11.5. The van der Waals surface area contributed by atoms with E-state index in [9.17, 15) is 13.2 Å². The summed E-state index contributed by atoms with van der Waals surface area (Å²) < 4.78 is 31.2. The van der Waals surface area contributed by atoms with Crippen molar-refractivity contribution in [1.82, 2.24) is 4.90 Å². The molecule has 0 fully saturated rings. The maximum Gasteiger partial charge on any atom is 0.232 e. The van der Waals surface area contributed by atoms with E-state index in [1.165, 1.54) is 4.31 Å². The standard InChI is InChI=1S/C21H27ClN2O4S/c1-16-18(22)10-7-11-19(16)24(29(4,26)27)14-8-13-21(25)23(2)15-17-9-5-6-12-20(17)28-3/h5-7,9-12H,8,13-15H2,1-4H3. The Morgan fingerprint density at radius 3 is 2.48 bits per heavy atom. The largest absolute Gasteiger partial charge is 0.496 e. The molecule has 0 atom stereocenters. The molecule has 0 saturated carbocycles. The summed E-state index contributed by atoms with van der Waals surface area (Å²) in [6.45, 7) is 2.41. The lowest BCUT2D eigenvalue weighted by molar-refractivity contribution is -0.130. The molecular weight excluding hydrogens is 412 g/mol. The van der Waals surface area contributed by atoms with Crippen molar-refractivity contribution >= 4 is 33.2 Å². The maximum absolute atomic E-state index is 12.5. The fraction of sp³-hybridized carbons (Fsp3) is 0.381. The molecule has 2 rings (SSSR count). The fourth-order valence-electron chi connectivity index (χ4n) is 3.07. The number of rotatable bonds is 9. The van der Waals surface area contributed by atoms with Gasteiger partial charge in [-0.1, -0.05) is 35.9 Å². The first-order valence-electron chi connectivity index (χ1n) is 9.23. The molecule has 0 aliphatic heterocycles. The average molecular weight is 439 g/mol. The predicted octanol–water partition coefficient (Wildman–Crippen LogP) is 3.86. The molecule has 0 N–H and O–H groups in total. The van der Waals surface area contributed by atoms with E-state index in [0.29, 0.717) is 29.2 Å². The number of para-hydroxylation sites is 1. The van der Waals surface area contributed by atoms with Gasteiger partial charge in [-0.15, -0.1) is 0 Å². The summed E-state index contributed by atoms with van der Waals surface area (Å²) in [6, 6.07) is 12.7. The Labute approximate surface area is 178 Å². The van der Waals surface area contributed by atoms with Gasteiger partial charge in [-0.3, -0.25) is 9.10 Å². The van der Waals surface area contributed by atoms with E-state index in [2.05, 4.69) is 0 Å². The fourth-order valence-corrected chi connectivity index (χ4v) is 4.26. The van der Waals surface area contributed by atoms with Gasteiger partial charge in [0.25, 0.3) is 0 Å². The molecule has 0 unspecified atom stereocenters. The Morgan fingerprint density at radius 1 is 1.14 bits per heavy atom. The van der Waals surface area contributed by atoms with Crippen molar-refractivity contribution in [1.29, 1.82) is 0 Å². The highest BCUT2D eigenvalue weighted by atomic mass is 35.5. The van der Waals surface area contributed by atoms with E-state index >= 15 is 0 Å². The van der Waals surface area contributed by atoms with Crippen LogP contribution in [0.2, 0.25) is 5.02 Å². The second kappa shape index (κ2) is 9.98. The average Bonchev–Trinajstić information content (AvgIpc) is 2.67. The van der Waals surface area contributed by atoms with Crippen molar-refractivity contribution in [2.45, 2.75) is 26.3 Å². The van der Waals surface area contributed by atoms with Crippen molar-refractivity contribution in [3.05, 3.63) is 58.6 Å². The highest BCUT2D eigenvalue weighted by molar-refractivity contribution is 7.92. The van der Waals surface area contributed by atoms with Crippen molar-refractivity contribution in [2.24, 2.45) is 0 Å². The van der Waals surface area contributed by atoms with Crippen LogP contribution < -0.4 is 9.04 Å². The Morgan fingerprint density at radius 2 is 1.83 bits per heavy atom. The van der Waals surface area contributed by atoms with E-state index in [-0.39, 0.29) is 18.9 Å². The topological polar surface area (TPSA) is 66.9 Å². The van der Waals surface area contributed by atoms with Gasteiger partial charge in [0.1, 0.15) is 5.75 Å². The number of carbonyl (C=O) groups excluding carboxylic acids is 1. The van der Waals surface area contributed by atoms with Gasteiger partial charge in [0.05, 0.1) is 19.1 Å². The third-order valence-corrected chi connectivity index (χ3v) is 6.28. The molecule has 2 aromatic rings. The maximum atomic E-state index is 12.5. The molecule has 0 bridgehead atoms. The minimum Gasteiger partial charge on any atom is -0.496 e. The molecule has 29 heavy (non-hydrogen) atoms. The van der Waals surface area contributed by atoms with Crippen molar-refractivity contribution < 1.29 is 17.9 Å². The Balaban J connectivity index is 2.02. The van der Waals surface area contributed by atoms with Gasteiger partial charge >= 0.3 is 0 Å². The van der Waals surface area contributed by atoms with Gasteiger partial charge < -0.3 is 9.64 Å². The van der Waals surface area contributed by atoms with Crippen LogP contribution in [0.5, 0.6) is 5.75 Å². The van der Waals surface area contributed by atoms with Crippen LogP contribution in [0.15, 0.2) is 42.5 Å². The van der Waals surface area contributed by atoms with Crippen molar-refractivity contribution in [2.75, 3.05) is 31.3 Å². The summed E-state index contributed by atoms with van der Waals surface area (Å²) in [6.07, 6.45) is 1.79. The lowest BCUT2D eigenvalue weighted by Crippen LogP contribution is -2.33. The zero-order valence-electron chi connectivity index (χ0n) is 17.2. The molecule has 1 amide bonds. The number of anilines is 1. The molecule has 0 aromatic heterocycles. The monoisotopic (exact) mass is 438 g/mol. The Hall–Kier alpha value is -2.25. The molecule has 158 valence electrons. The summed E-state index contributed by atoms with van der Waals surface area (Å²) in [7, 11) is -0.178. The quantitative estimate of drug-likeness (QED) is 0.596. The van der Waals surface area contributed by atoms with E-state index in [4.69, 9.17) is 16.3 Å². The van der Waals surface area contributed by atoms with E-state index in [1.54, 1.807) is 44.2 Å². The van der Waals surface area contributed by atoms with Crippen LogP contribution in [0.1, 0.15) is 24.0 Å². The minimum atomic E-state index is -3.50. The highest BCUT2D eigenvalue weighted by Gasteiger charge is 2.21. The van der Waals surface area contributed by atoms with E-state index in [0.717, 1.165) is 17.6 Å². The minimum absolute atomic E-state index is 0.0628. The number of carbonyl (C=O) groups is 1. The molecule has 6 nitrogen and oxygen atoms in total. The van der Waals surface area contributed by atoms with E-state index in [1.807, 2.05) is 24.3 Å². The van der Waals surface area contributed by atoms with Crippen LogP contribution in [0.3, 0.4) is 0 Å². The number of benzene rings is 2. The molecule has 0 radical (unpaired) electrons. The second-order valence-electron chi connectivity index (χ2n) is 6.88. The molecular formula is C21H27ClN2O4S. The number of hydrogen-bond acceptors (Lipinski definition) is 4. The molecule has 2 aromatic carbocycles. The summed E-state index contributed by atoms with van der Waals surface area (Å²) in [5.74, 6) is 0.666. The molecule has 0 heterocycles. The second-order valence-corrected chi connectivity index (χ2v) is 9.20. The molecule has 0 aliphatic rings. The van der Waals surface area contributed by atoms with Crippen LogP contribution in [-0.4, -0.2) is 46.2 Å². The van der Waals surface area contributed by atoms with Gasteiger partial charge in [-0.25, -0.2) is 8.42 Å². The predicted molar refractivity (Wildman–Crippen MR) is 117 cm³/mol. The number of hydrogen-bond donors (Lipinski definition) is 0. The summed E-state index contributed by atoms with van der Waals surface area (Å²) >= 11 is 6.14. The van der Waals surface area contributed by atoms with Crippen LogP contribution in [0.4, 0.5) is 5.69 Å². The molecule has 0 aliphatic carbocycles. The van der Waals surface area contributed by atoms with Crippen LogP contribution in [0.25, 0.3) is 0 Å². The molecule has 8 heteroatoms. The number of sulfonamides is 1. The van der Waals surface area contributed by atoms with Gasteiger partial charge in [0, 0.05) is 37.1 Å². The number of halogens is 1. The smallest absolute Gasteiger partial charge is 0.232 e. The van der Waals surface area contributed by atoms with E-state index < -0.39 is 10.0 Å². The molecule has 0 saturated heterocycles. The first-order chi connectivity index (χ1) is 13.6. The van der Waals surface area contributed by atoms with Crippen LogP contribution in [0, 0.1) is 6.92 Å². The Bertz CT molecular complexity index is 963. The highest BCUT2D eigenvalue weighted by Crippen LogP contribution is 2.28. The summed E-state index contributed by atoms with van der Waals surface area (Å²) in [5, 5.41) is 0.503. The molecule has 0 spiro atoms. The number of nitrogens with zero attached hydrogens (tertiary/aromatic N) is 2. The Kier molecular flexibility index (Phi) is 7.93. The number of amides is 1. The normalized spacial score (nSPS) is 11.2. The summed E-state index contributed by atoms with van der Waals surface area (Å²) in [4.78, 5) is 14.2. The van der Waals surface area contributed by atoms with Gasteiger partial charge in [0.2, 0.25) is 15.9 Å².